The number of methoxy groups -OCH3 is 1. The summed E-state index contributed by atoms with van der Waals surface area (Å²) < 4.78 is 58.7. The van der Waals surface area contributed by atoms with Crippen LogP contribution in [-0.2, 0) is 14.8 Å². The van der Waals surface area contributed by atoms with Crippen molar-refractivity contribution < 1.29 is 41.7 Å². The highest BCUT2D eigenvalue weighted by atomic mass is 32.2. The average Bonchev–Trinajstić information content (AvgIpc) is 2.57. The van der Waals surface area contributed by atoms with Gasteiger partial charge >= 0.3 is 11.9 Å². The summed E-state index contributed by atoms with van der Waals surface area (Å²) in [4.78, 5) is 21.8. The number of carbonyl (C=O) groups excluding carboxylic acids is 1. The smallest absolute Gasteiger partial charge is 0.340 e. The number of nitrogens with one attached hydrogen (secondary N) is 1. The zero-order valence-corrected chi connectivity index (χ0v) is 14.7. The summed E-state index contributed by atoms with van der Waals surface area (Å²) in [5.41, 5.74) is -2.00. The molecule has 2 rings (SSSR count). The molecule has 0 bridgehead atoms. The van der Waals surface area contributed by atoms with Crippen LogP contribution in [0, 0.1) is 18.6 Å². The molecule has 2 aromatic rings. The molecule has 8 nitrogen and oxygen atoms in total. The summed E-state index contributed by atoms with van der Waals surface area (Å²) in [6.45, 7) is 1.39. The summed E-state index contributed by atoms with van der Waals surface area (Å²) in [6, 6.07) is 2.87. The third kappa shape index (κ3) is 3.97. The molecule has 0 radical (unpaired) electrons. The molecule has 0 atom stereocenters. The Bertz CT molecular complexity index is 1050. The van der Waals surface area contributed by atoms with E-state index in [9.17, 15) is 31.9 Å². The Labute approximate surface area is 152 Å². The lowest BCUT2D eigenvalue weighted by molar-refractivity contribution is 0.0594. The highest BCUT2D eigenvalue weighted by molar-refractivity contribution is 7.92. The Morgan fingerprint density at radius 1 is 1.07 bits per heavy atom. The lowest BCUT2D eigenvalue weighted by Gasteiger charge is -2.13. The first-order valence-electron chi connectivity index (χ1n) is 7.15. The Balaban J connectivity index is 2.58. The largest absolute Gasteiger partial charge is 0.506 e. The minimum Gasteiger partial charge on any atom is -0.506 e. The molecular weight excluding hydrogens is 388 g/mol. The van der Waals surface area contributed by atoms with Crippen molar-refractivity contribution in [2.75, 3.05) is 11.8 Å². The van der Waals surface area contributed by atoms with E-state index < -0.39 is 61.1 Å². The van der Waals surface area contributed by atoms with Crippen molar-refractivity contribution in [3.63, 3.8) is 0 Å². The van der Waals surface area contributed by atoms with Gasteiger partial charge in [0.2, 0.25) is 0 Å². The van der Waals surface area contributed by atoms with E-state index in [-0.39, 0.29) is 11.6 Å². The third-order valence-corrected chi connectivity index (χ3v) is 4.82. The molecular formula is C16H13F2NO7S. The van der Waals surface area contributed by atoms with Gasteiger partial charge in [-0.15, -0.1) is 0 Å². The van der Waals surface area contributed by atoms with Crippen molar-refractivity contribution in [2.45, 2.75) is 11.8 Å². The first-order chi connectivity index (χ1) is 12.5. The van der Waals surface area contributed by atoms with Crippen molar-refractivity contribution in [3.8, 4) is 5.75 Å². The first-order valence-corrected chi connectivity index (χ1v) is 8.63. The molecule has 11 heteroatoms. The minimum absolute atomic E-state index is 0.195. The fourth-order valence-electron chi connectivity index (χ4n) is 2.21. The van der Waals surface area contributed by atoms with Crippen LogP contribution in [0.25, 0.3) is 0 Å². The van der Waals surface area contributed by atoms with Gasteiger partial charge in [-0.05, 0) is 30.7 Å². The number of esters is 1. The SMILES string of the molecule is COC(=O)c1cc(NS(=O)(=O)c2cc(C)cc(C(=O)O)c2O)c(F)cc1F. The maximum absolute atomic E-state index is 14.0. The Hall–Kier alpha value is -3.21. The van der Waals surface area contributed by atoms with E-state index in [1.54, 1.807) is 4.72 Å². The summed E-state index contributed by atoms with van der Waals surface area (Å²) in [5, 5.41) is 19.0. The predicted molar refractivity (Wildman–Crippen MR) is 88.3 cm³/mol. The van der Waals surface area contributed by atoms with Gasteiger partial charge in [0.25, 0.3) is 10.0 Å². The van der Waals surface area contributed by atoms with Crippen LogP contribution in [0.5, 0.6) is 5.75 Å². The standard InChI is InChI=1S/C16H13F2NO7S/c1-7-3-9(15(21)22)14(20)13(4-7)27(24,25)19-12-5-8(16(23)26-2)10(17)6-11(12)18/h3-6,19-20H,1-2H3,(H,21,22). The number of hydrogen-bond acceptors (Lipinski definition) is 6. The van der Waals surface area contributed by atoms with Gasteiger partial charge in [-0.25, -0.2) is 26.8 Å². The predicted octanol–water partition coefficient (Wildman–Crippen LogP) is 2.26. The number of carboxylic acid groups (broad SMARTS) is 1. The summed E-state index contributed by atoms with van der Waals surface area (Å²) in [5.74, 6) is -6.41. The average molecular weight is 401 g/mol. The molecule has 0 spiro atoms. The van der Waals surface area contributed by atoms with E-state index in [1.165, 1.54) is 6.92 Å². The zero-order valence-electron chi connectivity index (χ0n) is 13.9. The number of ether oxygens (including phenoxy) is 1. The molecule has 0 amide bonds. The molecule has 0 fully saturated rings. The Morgan fingerprint density at radius 2 is 1.70 bits per heavy atom. The van der Waals surface area contributed by atoms with Gasteiger partial charge in [-0.1, -0.05) is 0 Å². The molecule has 0 aliphatic rings. The molecule has 0 aliphatic heterocycles. The van der Waals surface area contributed by atoms with Crippen molar-refractivity contribution in [2.24, 2.45) is 0 Å². The second kappa shape index (κ2) is 7.19. The minimum atomic E-state index is -4.68. The maximum atomic E-state index is 14.0. The number of carboxylic acids is 1. The fourth-order valence-corrected chi connectivity index (χ4v) is 3.47. The van der Waals surface area contributed by atoms with E-state index in [4.69, 9.17) is 5.11 Å². The van der Waals surface area contributed by atoms with Crippen LogP contribution in [0.4, 0.5) is 14.5 Å². The molecule has 3 N–H and O–H groups in total. The van der Waals surface area contributed by atoms with E-state index >= 15 is 0 Å². The highest BCUT2D eigenvalue weighted by Crippen LogP contribution is 2.31. The van der Waals surface area contributed by atoms with Crippen LogP contribution in [0.15, 0.2) is 29.2 Å². The summed E-state index contributed by atoms with van der Waals surface area (Å²) in [7, 11) is -3.73. The molecule has 144 valence electrons. The van der Waals surface area contributed by atoms with E-state index in [0.717, 1.165) is 19.2 Å². The number of aromatic hydroxyl groups is 1. The number of hydrogen-bond donors (Lipinski definition) is 3. The number of sulfonamides is 1. The summed E-state index contributed by atoms with van der Waals surface area (Å²) in [6.07, 6.45) is 0. The van der Waals surface area contributed by atoms with Crippen LogP contribution >= 0.6 is 0 Å². The molecule has 2 aromatic carbocycles. The maximum Gasteiger partial charge on any atom is 0.340 e. The Morgan fingerprint density at radius 3 is 2.26 bits per heavy atom. The number of carbonyl (C=O) groups is 2. The van der Waals surface area contributed by atoms with Crippen LogP contribution in [0.3, 0.4) is 0 Å². The molecule has 0 heterocycles. The summed E-state index contributed by atoms with van der Waals surface area (Å²) >= 11 is 0. The second-order valence-electron chi connectivity index (χ2n) is 5.37. The number of phenols is 1. The third-order valence-electron chi connectivity index (χ3n) is 3.45. The number of halogens is 2. The number of anilines is 1. The monoisotopic (exact) mass is 401 g/mol. The second-order valence-corrected chi connectivity index (χ2v) is 7.02. The first kappa shape index (κ1) is 20.1. The van der Waals surface area contributed by atoms with Gasteiger partial charge in [0.05, 0.1) is 18.4 Å². The van der Waals surface area contributed by atoms with Gasteiger partial charge in [0, 0.05) is 6.07 Å². The highest BCUT2D eigenvalue weighted by Gasteiger charge is 2.26. The normalized spacial score (nSPS) is 11.1. The number of benzene rings is 2. The zero-order chi connectivity index (χ0) is 20.5. The molecule has 0 aromatic heterocycles. The van der Waals surface area contributed by atoms with Gasteiger partial charge in [0.15, 0.2) is 5.75 Å². The van der Waals surface area contributed by atoms with Gasteiger partial charge in [0.1, 0.15) is 22.1 Å². The van der Waals surface area contributed by atoms with Crippen molar-refractivity contribution in [1.82, 2.24) is 0 Å². The van der Waals surface area contributed by atoms with Gasteiger partial charge in [-0.3, -0.25) is 4.72 Å². The number of aromatic carboxylic acids is 1. The topological polar surface area (TPSA) is 130 Å². The van der Waals surface area contributed by atoms with E-state index in [0.29, 0.717) is 6.07 Å². The van der Waals surface area contributed by atoms with Crippen LogP contribution in [0.1, 0.15) is 26.3 Å². The molecule has 27 heavy (non-hydrogen) atoms. The van der Waals surface area contributed by atoms with E-state index in [2.05, 4.69) is 4.74 Å². The number of rotatable bonds is 5. The lowest BCUT2D eigenvalue weighted by atomic mass is 10.1. The van der Waals surface area contributed by atoms with Crippen molar-refractivity contribution in [3.05, 3.63) is 52.6 Å². The van der Waals surface area contributed by atoms with Crippen LogP contribution in [-0.4, -0.2) is 37.7 Å². The fraction of sp³-hybridized carbons (Fsp3) is 0.125. The van der Waals surface area contributed by atoms with Gasteiger partial charge < -0.3 is 14.9 Å². The molecule has 0 aliphatic carbocycles. The van der Waals surface area contributed by atoms with Crippen molar-refractivity contribution in [1.29, 1.82) is 0 Å². The van der Waals surface area contributed by atoms with Crippen molar-refractivity contribution >= 4 is 27.6 Å². The Kier molecular flexibility index (Phi) is 5.36. The molecule has 0 unspecified atom stereocenters. The van der Waals surface area contributed by atoms with Gasteiger partial charge in [-0.2, -0.15) is 0 Å². The quantitative estimate of drug-likeness (QED) is 0.655. The van der Waals surface area contributed by atoms with E-state index in [1.807, 2.05) is 0 Å². The number of aryl methyl sites for hydroxylation is 1. The molecule has 0 saturated carbocycles. The van der Waals surface area contributed by atoms with Crippen LogP contribution in [0.2, 0.25) is 0 Å². The van der Waals surface area contributed by atoms with Crippen LogP contribution < -0.4 is 4.72 Å². The molecule has 0 saturated heterocycles. The lowest BCUT2D eigenvalue weighted by Crippen LogP contribution is -2.17.